The number of hydrogen-bond donors (Lipinski definition) is 4. The highest BCUT2D eigenvalue weighted by molar-refractivity contribution is 5.91. The molecule has 0 radical (unpaired) electrons. The first kappa shape index (κ1) is 28.3. The number of aliphatic hydroxyl groups excluding tert-OH is 1. The van der Waals surface area contributed by atoms with Gasteiger partial charge in [-0.3, -0.25) is 14.5 Å². The van der Waals surface area contributed by atoms with Crippen molar-refractivity contribution in [3.63, 3.8) is 0 Å². The van der Waals surface area contributed by atoms with Crippen LogP contribution in [-0.2, 0) is 39.8 Å². The molecule has 0 aliphatic carbocycles. The lowest BCUT2D eigenvalue weighted by Crippen LogP contribution is -2.48. The molecule has 0 bridgehead atoms. The first-order valence-electron chi connectivity index (χ1n) is 11.3. The fourth-order valence-corrected chi connectivity index (χ4v) is 3.17. The first-order chi connectivity index (χ1) is 16.4. The Kier molecular flexibility index (Phi) is 10.3. The molecule has 1 aromatic rings. The Morgan fingerprint density at radius 2 is 1.60 bits per heavy atom. The smallest absolute Gasteiger partial charge is 0.334 e. The van der Waals surface area contributed by atoms with Gasteiger partial charge in [-0.1, -0.05) is 30.3 Å². The number of ether oxygens (including phenoxy) is 3. The zero-order valence-corrected chi connectivity index (χ0v) is 20.0. The molecule has 0 aromatic heterocycles. The van der Waals surface area contributed by atoms with Gasteiger partial charge in [-0.2, -0.15) is 0 Å². The zero-order chi connectivity index (χ0) is 26.3. The van der Waals surface area contributed by atoms with E-state index in [2.05, 4.69) is 0 Å². The molecule has 0 amide bonds. The molecule has 2 unspecified atom stereocenters. The van der Waals surface area contributed by atoms with Crippen LogP contribution in [0.25, 0.3) is 0 Å². The topological polar surface area (TPSA) is 197 Å². The highest BCUT2D eigenvalue weighted by atomic mass is 16.6. The summed E-state index contributed by atoms with van der Waals surface area (Å²) in [5.41, 5.74) is 18.1. The summed E-state index contributed by atoms with van der Waals surface area (Å²) in [4.78, 5) is 50.7. The molecule has 1 aliphatic rings. The van der Waals surface area contributed by atoms with Gasteiger partial charge in [0.1, 0.15) is 36.9 Å². The molecule has 1 aromatic carbocycles. The quantitative estimate of drug-likeness (QED) is 0.110. The second kappa shape index (κ2) is 12.7. The third-order valence-electron chi connectivity index (χ3n) is 5.64. The minimum absolute atomic E-state index is 0.00597. The maximum absolute atomic E-state index is 12.5. The van der Waals surface area contributed by atoms with Crippen molar-refractivity contribution in [3.05, 3.63) is 35.9 Å². The lowest BCUT2D eigenvalue weighted by molar-refractivity contribution is -0.166. The van der Waals surface area contributed by atoms with Gasteiger partial charge in [0.05, 0.1) is 6.10 Å². The number of nitrogens with zero attached hydrogens (tertiary/aromatic N) is 1. The number of benzene rings is 1. The predicted molar refractivity (Wildman–Crippen MR) is 123 cm³/mol. The average Bonchev–Trinajstić information content (AvgIpc) is 3.53. The molecule has 7 N–H and O–H groups in total. The van der Waals surface area contributed by atoms with Gasteiger partial charge in [0, 0.05) is 12.6 Å². The van der Waals surface area contributed by atoms with E-state index in [0.717, 1.165) is 5.56 Å². The highest BCUT2D eigenvalue weighted by Crippen LogP contribution is 2.22. The minimum atomic E-state index is -1.40. The van der Waals surface area contributed by atoms with Crippen molar-refractivity contribution in [2.75, 3.05) is 13.2 Å². The molecule has 1 heterocycles. The van der Waals surface area contributed by atoms with Crippen molar-refractivity contribution in [2.45, 2.75) is 69.6 Å². The van der Waals surface area contributed by atoms with Crippen LogP contribution < -0.4 is 17.2 Å². The Morgan fingerprint density at radius 3 is 2.14 bits per heavy atom. The van der Waals surface area contributed by atoms with Crippen LogP contribution >= 0.6 is 0 Å². The normalized spacial score (nSPS) is 22.0. The number of nitrogens with two attached hydrogens (primary N) is 3. The highest BCUT2D eigenvalue weighted by Gasteiger charge is 2.43. The molecule has 12 heteroatoms. The monoisotopic (exact) mass is 494 g/mol. The summed E-state index contributed by atoms with van der Waals surface area (Å²) in [5.74, 6) is -3.71. The predicted octanol–water partition coefficient (Wildman–Crippen LogP) is -1.79. The molecule has 2 rings (SSSR count). The van der Waals surface area contributed by atoms with Crippen LogP contribution in [0.4, 0.5) is 0 Å². The second-order valence-corrected chi connectivity index (χ2v) is 8.66. The maximum Gasteiger partial charge on any atom is 0.334 e. The summed E-state index contributed by atoms with van der Waals surface area (Å²) in [6, 6.07) is 4.39. The largest absolute Gasteiger partial charge is 0.462 e. The van der Waals surface area contributed by atoms with Crippen molar-refractivity contribution in [2.24, 2.45) is 17.2 Å². The first-order valence-corrected chi connectivity index (χ1v) is 11.3. The Labute approximate surface area is 203 Å². The van der Waals surface area contributed by atoms with E-state index in [1.165, 1.54) is 13.8 Å². The van der Waals surface area contributed by atoms with Gasteiger partial charge in [-0.05, 0) is 32.8 Å². The van der Waals surface area contributed by atoms with E-state index in [-0.39, 0.29) is 12.5 Å². The van der Waals surface area contributed by atoms with Crippen molar-refractivity contribution in [3.8, 4) is 0 Å². The molecule has 12 nitrogen and oxygen atoms in total. The van der Waals surface area contributed by atoms with Crippen LogP contribution in [-0.4, -0.2) is 89.5 Å². The third-order valence-corrected chi connectivity index (χ3v) is 5.64. The van der Waals surface area contributed by atoms with Gasteiger partial charge >= 0.3 is 23.9 Å². The molecule has 1 fully saturated rings. The second-order valence-electron chi connectivity index (χ2n) is 8.66. The fourth-order valence-electron chi connectivity index (χ4n) is 3.17. The van der Waals surface area contributed by atoms with Crippen molar-refractivity contribution < 1.29 is 38.5 Å². The van der Waals surface area contributed by atoms with Gasteiger partial charge in [-0.15, -0.1) is 0 Å². The maximum atomic E-state index is 12.5. The SMILES string of the molecule is CC1CN1[C@@H](COC(=O)[C@@H](N)[C@@H](C)OC(=O)[C@@H](N)Cc1ccccc1)C(=O)OC(=O)[C@@H](N)[C@@H](C)O. The molecule has 194 valence electrons. The van der Waals surface area contributed by atoms with Crippen LogP contribution in [0.1, 0.15) is 26.3 Å². The van der Waals surface area contributed by atoms with Gasteiger partial charge in [0.25, 0.3) is 0 Å². The van der Waals surface area contributed by atoms with Gasteiger partial charge in [0.2, 0.25) is 0 Å². The molecular weight excluding hydrogens is 460 g/mol. The Hall–Kier alpha value is -2.90. The van der Waals surface area contributed by atoms with E-state index in [9.17, 15) is 24.3 Å². The Morgan fingerprint density at radius 1 is 1.00 bits per heavy atom. The van der Waals surface area contributed by atoms with E-state index >= 15 is 0 Å². The van der Waals surface area contributed by atoms with Crippen LogP contribution in [0, 0.1) is 0 Å². The molecule has 1 saturated heterocycles. The summed E-state index contributed by atoms with van der Waals surface area (Å²) in [5, 5.41) is 9.39. The average molecular weight is 495 g/mol. The minimum Gasteiger partial charge on any atom is -0.462 e. The Balaban J connectivity index is 1.87. The fraction of sp³-hybridized carbons (Fsp3) is 0.565. The molecule has 35 heavy (non-hydrogen) atoms. The standard InChI is InChI=1S/C23H34N4O8/c1-12-10-27(12)17(21(30)35-23(32)18(25)13(2)28)11-33-22(31)19(26)14(3)34-20(29)16(24)9-15-7-5-4-6-8-15/h4-8,12-14,16-19,28H,9-11,24-26H2,1-3H3/t12?,13-,14-,16+,17+,18+,19+,27?/m1/s1. The zero-order valence-electron chi connectivity index (χ0n) is 20.0. The van der Waals surface area contributed by atoms with Crippen molar-refractivity contribution >= 4 is 23.9 Å². The Bertz CT molecular complexity index is 897. The van der Waals surface area contributed by atoms with Crippen LogP contribution in [0.15, 0.2) is 30.3 Å². The number of esters is 4. The lowest BCUT2D eigenvalue weighted by Gasteiger charge is -2.23. The van der Waals surface area contributed by atoms with Gasteiger partial charge < -0.3 is 36.5 Å². The summed E-state index contributed by atoms with van der Waals surface area (Å²) < 4.78 is 15.1. The molecule has 0 saturated carbocycles. The summed E-state index contributed by atoms with van der Waals surface area (Å²) >= 11 is 0. The van der Waals surface area contributed by atoms with Crippen LogP contribution in [0.5, 0.6) is 0 Å². The molecule has 8 atom stereocenters. The number of aliphatic hydroxyl groups is 1. The lowest BCUT2D eigenvalue weighted by atomic mass is 10.1. The number of hydrogen-bond acceptors (Lipinski definition) is 12. The summed E-state index contributed by atoms with van der Waals surface area (Å²) in [7, 11) is 0. The molecule has 0 spiro atoms. The van der Waals surface area contributed by atoms with Crippen LogP contribution in [0.2, 0.25) is 0 Å². The van der Waals surface area contributed by atoms with Crippen molar-refractivity contribution in [1.82, 2.24) is 4.90 Å². The number of carbonyl (C=O) groups excluding carboxylic acids is 4. The van der Waals surface area contributed by atoms with Crippen molar-refractivity contribution in [1.29, 1.82) is 0 Å². The van der Waals surface area contributed by atoms with E-state index in [1.54, 1.807) is 4.90 Å². The third kappa shape index (κ3) is 8.37. The van der Waals surface area contributed by atoms with E-state index in [4.69, 9.17) is 31.4 Å². The van der Waals surface area contributed by atoms with Gasteiger partial charge in [0.15, 0.2) is 0 Å². The molecule has 1 aliphatic heterocycles. The number of rotatable bonds is 12. The summed E-state index contributed by atoms with van der Waals surface area (Å²) in [6.07, 6.45) is -2.01. The number of carbonyl (C=O) groups is 4. The summed E-state index contributed by atoms with van der Waals surface area (Å²) in [6.45, 7) is 4.62. The van der Waals surface area contributed by atoms with Crippen LogP contribution in [0.3, 0.4) is 0 Å². The molecular formula is C23H34N4O8. The van der Waals surface area contributed by atoms with E-state index in [1.807, 2.05) is 37.3 Å². The van der Waals surface area contributed by atoms with E-state index in [0.29, 0.717) is 6.54 Å². The van der Waals surface area contributed by atoms with Gasteiger partial charge in [-0.25, -0.2) is 9.59 Å². The van der Waals surface area contributed by atoms with E-state index < -0.39 is 66.9 Å².